The Bertz CT molecular complexity index is 1960. The smallest absolute Gasteiger partial charge is 0.319 e. The lowest BCUT2D eigenvalue weighted by atomic mass is 9.42. The maximum atomic E-state index is 14.6. The number of rotatable bonds is 6. The number of anilines is 2. The molecule has 17 heteroatoms. The summed E-state index contributed by atoms with van der Waals surface area (Å²) in [6.07, 6.45) is -0.760. The fourth-order valence-corrected chi connectivity index (χ4v) is 8.17. The van der Waals surface area contributed by atoms with Gasteiger partial charge in [0, 0.05) is 49.2 Å². The van der Waals surface area contributed by atoms with Crippen molar-refractivity contribution in [2.24, 2.45) is 34.5 Å². The number of hydrogen-bond acceptors (Lipinski definition) is 14. The summed E-state index contributed by atoms with van der Waals surface area (Å²) in [5.74, 6) is -9.63. The van der Waals surface area contributed by atoms with E-state index >= 15 is 0 Å². The highest BCUT2D eigenvalue weighted by molar-refractivity contribution is 6.33. The Morgan fingerprint density at radius 2 is 1.74 bits per heavy atom. The molecule has 6 atom stereocenters. The molecule has 0 bridgehead atoms. The number of likely N-dealkylation sites (N-methyl/N-ethyl adjacent to an activating group) is 1. The number of nitrogens with one attached hydrogen (secondary N) is 2. The molecular formula is C33H36N8O9. The Kier molecular flexibility index (Phi) is 7.89. The van der Waals surface area contributed by atoms with Crippen LogP contribution in [0, 0.1) is 28.6 Å². The number of urea groups is 1. The van der Waals surface area contributed by atoms with Crippen LogP contribution in [-0.2, 0) is 32.1 Å². The molecule has 2 aromatic rings. The fraction of sp³-hybridized carbons (Fsp3) is 0.424. The number of nitrogens with zero attached hydrogens (tertiary/aromatic N) is 3. The van der Waals surface area contributed by atoms with Gasteiger partial charge in [-0.3, -0.25) is 28.9 Å². The highest BCUT2D eigenvalue weighted by Crippen LogP contribution is 2.57. The van der Waals surface area contributed by atoms with Crippen LogP contribution in [0.25, 0.3) is 0 Å². The lowest BCUT2D eigenvalue weighted by Crippen LogP contribution is -2.85. The molecule has 262 valence electrons. The number of hydrogen-bond donors (Lipinski definition) is 6. The van der Waals surface area contributed by atoms with E-state index in [1.54, 1.807) is 49.3 Å². The van der Waals surface area contributed by atoms with Crippen LogP contribution in [0.1, 0.15) is 27.9 Å². The van der Waals surface area contributed by atoms with E-state index in [9.17, 15) is 39.1 Å². The summed E-state index contributed by atoms with van der Waals surface area (Å²) in [5.41, 5.74) is 13.2. The predicted octanol–water partition coefficient (Wildman–Crippen LogP) is -1.08. The summed E-state index contributed by atoms with van der Waals surface area (Å²) >= 11 is 0. The number of phenolic OH excluding ortho intramolecular Hbond substituents is 1. The highest BCUT2D eigenvalue weighted by atomic mass is 16.7. The summed E-state index contributed by atoms with van der Waals surface area (Å²) in [6, 6.07) is 5.90. The standard InChI is InChI=1S/C33H36N8O9/c1-40(2)17-7-14(10-38-30(48)39-15-5-6-18-19(8-15)50-13-49-18)23(42)20-16(17)9-31(36)11-33(37)26(41(3)4)25(44)21(29(35)47)27(45)32(33,12-34)28(46)22(31)24(20)43/h5-8,21-22,26,42H,9-11,13,36-37H2,1-4H3,(H2,35,47)(H2,38,39,48)/t21?,22?,26-,31-,32+,33-/m1/s1. The number of nitriles is 1. The van der Waals surface area contributed by atoms with Gasteiger partial charge in [-0.2, -0.15) is 5.26 Å². The number of Topliss-reactive ketones (excluding diaryl/α,β-unsaturated/α-hetero) is 4. The number of phenols is 1. The molecule has 6 rings (SSSR count). The van der Waals surface area contributed by atoms with Gasteiger partial charge < -0.3 is 47.3 Å². The van der Waals surface area contributed by atoms with E-state index < -0.39 is 81.6 Å². The third-order valence-electron chi connectivity index (χ3n) is 10.2. The minimum atomic E-state index is -2.86. The van der Waals surface area contributed by atoms with E-state index in [0.29, 0.717) is 22.9 Å². The molecule has 3 aliphatic carbocycles. The quantitative estimate of drug-likeness (QED) is 0.197. The molecule has 0 spiro atoms. The summed E-state index contributed by atoms with van der Waals surface area (Å²) in [7, 11) is 6.22. The van der Waals surface area contributed by atoms with Crippen LogP contribution >= 0.6 is 0 Å². The molecular weight excluding hydrogens is 652 g/mol. The molecule has 1 aliphatic heterocycles. The SMILES string of the molecule is CN(C)c1cc(CNC(=O)Nc2ccc3c(c2)OCO3)c(O)c2c1C[C@@]1(N)C[C@@]3(N)[C@H](N(C)C)C(=O)C(C(N)=O)C(=O)[C@@]3(C#N)C(=O)C1C2=O. The average molecular weight is 689 g/mol. The van der Waals surface area contributed by atoms with Crippen LogP contribution in [0.5, 0.6) is 17.2 Å². The Morgan fingerprint density at radius 1 is 1.06 bits per heavy atom. The first kappa shape index (κ1) is 34.3. The van der Waals surface area contributed by atoms with Gasteiger partial charge >= 0.3 is 6.03 Å². The molecule has 9 N–H and O–H groups in total. The van der Waals surface area contributed by atoms with Gasteiger partial charge in [0.2, 0.25) is 12.7 Å². The maximum absolute atomic E-state index is 14.6. The largest absolute Gasteiger partial charge is 0.507 e. The summed E-state index contributed by atoms with van der Waals surface area (Å²) in [5, 5.41) is 27.4. The third kappa shape index (κ3) is 4.63. The Labute approximate surface area is 285 Å². The Balaban J connectivity index is 1.40. The number of primary amides is 1. The number of carbonyl (C=O) groups excluding carboxylic acids is 6. The first-order valence-electron chi connectivity index (χ1n) is 15.5. The Morgan fingerprint density at radius 3 is 2.36 bits per heavy atom. The molecule has 2 fully saturated rings. The number of ether oxygens (including phenoxy) is 2. The molecule has 17 nitrogen and oxygen atoms in total. The minimum absolute atomic E-state index is 0.0539. The maximum Gasteiger partial charge on any atom is 0.319 e. The predicted molar refractivity (Wildman–Crippen MR) is 174 cm³/mol. The molecule has 50 heavy (non-hydrogen) atoms. The van der Waals surface area contributed by atoms with Crippen LogP contribution in [-0.4, -0.2) is 97.2 Å². The van der Waals surface area contributed by atoms with Crippen LogP contribution < -0.4 is 42.2 Å². The van der Waals surface area contributed by atoms with Crippen LogP contribution in [0.2, 0.25) is 0 Å². The molecule has 3 amide bonds. The van der Waals surface area contributed by atoms with E-state index in [1.807, 2.05) is 0 Å². The lowest BCUT2D eigenvalue weighted by Gasteiger charge is -2.60. The molecule has 0 radical (unpaired) electrons. The lowest BCUT2D eigenvalue weighted by molar-refractivity contribution is -0.166. The number of nitrogens with two attached hydrogens (primary N) is 3. The first-order chi connectivity index (χ1) is 23.4. The van der Waals surface area contributed by atoms with Crippen molar-refractivity contribution in [1.29, 1.82) is 5.26 Å². The van der Waals surface area contributed by atoms with Gasteiger partial charge in [0.15, 0.2) is 46.0 Å². The molecule has 2 aromatic carbocycles. The van der Waals surface area contributed by atoms with Gasteiger partial charge in [0.1, 0.15) is 11.7 Å². The zero-order chi connectivity index (χ0) is 36.7. The number of ketones is 4. The molecule has 2 unspecified atom stereocenters. The van der Waals surface area contributed by atoms with Crippen LogP contribution in [0.4, 0.5) is 16.2 Å². The second kappa shape index (κ2) is 11.5. The number of amides is 3. The van der Waals surface area contributed by atoms with Crippen molar-refractivity contribution in [2.45, 2.75) is 36.5 Å². The van der Waals surface area contributed by atoms with Crippen molar-refractivity contribution in [1.82, 2.24) is 10.2 Å². The van der Waals surface area contributed by atoms with E-state index in [-0.39, 0.29) is 36.4 Å². The monoisotopic (exact) mass is 688 g/mol. The van der Waals surface area contributed by atoms with Crippen molar-refractivity contribution >= 4 is 46.4 Å². The highest BCUT2D eigenvalue weighted by Gasteiger charge is 2.78. The van der Waals surface area contributed by atoms with Gasteiger partial charge in [-0.05, 0) is 50.7 Å². The van der Waals surface area contributed by atoms with E-state index in [0.717, 1.165) is 0 Å². The van der Waals surface area contributed by atoms with Crippen LogP contribution in [0.15, 0.2) is 24.3 Å². The zero-order valence-electron chi connectivity index (χ0n) is 27.7. The van der Waals surface area contributed by atoms with Gasteiger partial charge in [0.05, 0.1) is 23.2 Å². The zero-order valence-corrected chi connectivity index (χ0v) is 27.7. The number of carbonyl (C=O) groups is 6. The topological polar surface area (TPSA) is 274 Å². The van der Waals surface area contributed by atoms with Gasteiger partial charge in [-0.1, -0.05) is 0 Å². The fourth-order valence-electron chi connectivity index (χ4n) is 8.17. The molecule has 1 heterocycles. The van der Waals surface area contributed by atoms with E-state index in [1.165, 1.54) is 19.0 Å². The Hall–Kier alpha value is -5.57. The second-order valence-electron chi connectivity index (χ2n) is 13.6. The normalized spacial score (nSPS) is 29.4. The summed E-state index contributed by atoms with van der Waals surface area (Å²) < 4.78 is 10.6. The summed E-state index contributed by atoms with van der Waals surface area (Å²) in [6.45, 7) is -0.215. The minimum Gasteiger partial charge on any atom is -0.507 e. The van der Waals surface area contributed by atoms with Crippen molar-refractivity contribution in [3.8, 4) is 23.3 Å². The molecule has 2 saturated carbocycles. The second-order valence-corrected chi connectivity index (χ2v) is 13.6. The van der Waals surface area contributed by atoms with Gasteiger partial charge in [0.25, 0.3) is 0 Å². The van der Waals surface area contributed by atoms with Gasteiger partial charge in [-0.25, -0.2) is 4.79 Å². The molecule has 0 aromatic heterocycles. The van der Waals surface area contributed by atoms with E-state index in [4.69, 9.17) is 26.7 Å². The van der Waals surface area contributed by atoms with Crippen molar-refractivity contribution in [2.75, 3.05) is 45.2 Å². The number of aromatic hydroxyl groups is 1. The van der Waals surface area contributed by atoms with Gasteiger partial charge in [-0.15, -0.1) is 0 Å². The van der Waals surface area contributed by atoms with Crippen molar-refractivity contribution in [3.05, 3.63) is 41.0 Å². The van der Waals surface area contributed by atoms with Crippen molar-refractivity contribution in [3.63, 3.8) is 0 Å². The third-order valence-corrected chi connectivity index (χ3v) is 10.2. The molecule has 0 saturated heterocycles. The molecule has 4 aliphatic rings. The van der Waals surface area contributed by atoms with Crippen molar-refractivity contribution < 1.29 is 43.3 Å². The van der Waals surface area contributed by atoms with E-state index in [2.05, 4.69) is 10.6 Å². The van der Waals surface area contributed by atoms with Crippen LogP contribution in [0.3, 0.4) is 0 Å². The first-order valence-corrected chi connectivity index (χ1v) is 15.5. The number of benzene rings is 2. The number of fused-ring (bicyclic) bond motifs is 4. The summed E-state index contributed by atoms with van der Waals surface area (Å²) in [4.78, 5) is 84.9. The average Bonchev–Trinajstić information content (AvgIpc) is 3.47.